The molecule has 0 atom stereocenters. The van der Waals surface area contributed by atoms with Gasteiger partial charge in [0.1, 0.15) is 0 Å². The molecule has 0 fully saturated rings. The highest BCUT2D eigenvalue weighted by Gasteiger charge is 2.09. The third-order valence-corrected chi connectivity index (χ3v) is 3.03. The van der Waals surface area contributed by atoms with E-state index in [0.717, 1.165) is 5.03 Å². The molecule has 0 unspecified atom stereocenters. The lowest BCUT2D eigenvalue weighted by Gasteiger charge is -2.15. The van der Waals surface area contributed by atoms with Crippen LogP contribution in [0.2, 0.25) is 0 Å². The lowest BCUT2D eigenvalue weighted by atomic mass is 10.3. The van der Waals surface area contributed by atoms with Crippen LogP contribution >= 0.6 is 11.8 Å². The summed E-state index contributed by atoms with van der Waals surface area (Å²) >= 11 is 1.47. The summed E-state index contributed by atoms with van der Waals surface area (Å²) in [5, 5.41) is 9.50. The number of thioether (sulfide) groups is 1. The van der Waals surface area contributed by atoms with Gasteiger partial charge in [0.05, 0.1) is 16.3 Å². The SMILES string of the molecule is CCOC(CSc1ccc(C(=O)O)cn1)OCC. The molecule has 18 heavy (non-hydrogen) atoms. The molecular weight excluding hydrogens is 254 g/mol. The van der Waals surface area contributed by atoms with E-state index in [1.165, 1.54) is 24.0 Å². The Labute approximate surface area is 111 Å². The topological polar surface area (TPSA) is 68.7 Å². The van der Waals surface area contributed by atoms with Crippen LogP contribution in [0.5, 0.6) is 0 Å². The number of carbonyl (C=O) groups is 1. The van der Waals surface area contributed by atoms with E-state index in [1.807, 2.05) is 13.8 Å². The van der Waals surface area contributed by atoms with E-state index in [4.69, 9.17) is 14.6 Å². The maximum atomic E-state index is 10.7. The van der Waals surface area contributed by atoms with E-state index in [9.17, 15) is 4.79 Å². The molecule has 6 heteroatoms. The summed E-state index contributed by atoms with van der Waals surface area (Å²) in [6.07, 6.45) is 1.09. The van der Waals surface area contributed by atoms with E-state index in [1.54, 1.807) is 6.07 Å². The predicted molar refractivity (Wildman–Crippen MR) is 69.0 cm³/mol. The van der Waals surface area contributed by atoms with Gasteiger partial charge in [-0.3, -0.25) is 0 Å². The summed E-state index contributed by atoms with van der Waals surface area (Å²) < 4.78 is 10.8. The Morgan fingerprint density at radius 1 is 1.39 bits per heavy atom. The summed E-state index contributed by atoms with van der Waals surface area (Å²) in [5.74, 6) is -0.346. The number of nitrogens with zero attached hydrogens (tertiary/aromatic N) is 1. The molecule has 0 aliphatic heterocycles. The Morgan fingerprint density at radius 3 is 2.50 bits per heavy atom. The van der Waals surface area contributed by atoms with Crippen molar-refractivity contribution in [1.29, 1.82) is 0 Å². The van der Waals surface area contributed by atoms with Gasteiger partial charge in [0.2, 0.25) is 0 Å². The van der Waals surface area contributed by atoms with Crippen molar-refractivity contribution in [3.05, 3.63) is 23.9 Å². The van der Waals surface area contributed by atoms with Gasteiger partial charge in [0, 0.05) is 19.4 Å². The highest BCUT2D eigenvalue weighted by molar-refractivity contribution is 7.99. The zero-order valence-electron chi connectivity index (χ0n) is 10.5. The molecule has 1 rings (SSSR count). The molecule has 5 nitrogen and oxygen atoms in total. The van der Waals surface area contributed by atoms with E-state index in [2.05, 4.69) is 4.98 Å². The first-order valence-corrected chi connectivity index (χ1v) is 6.71. The van der Waals surface area contributed by atoms with Crippen molar-refractivity contribution in [3.63, 3.8) is 0 Å². The van der Waals surface area contributed by atoms with Crippen LogP contribution in [0.3, 0.4) is 0 Å². The Hall–Kier alpha value is -1.11. The Kier molecular flexibility index (Phi) is 6.70. The van der Waals surface area contributed by atoms with Crippen LogP contribution in [0.15, 0.2) is 23.4 Å². The Morgan fingerprint density at radius 2 is 2.06 bits per heavy atom. The maximum absolute atomic E-state index is 10.7. The molecule has 1 heterocycles. The van der Waals surface area contributed by atoms with Gasteiger partial charge >= 0.3 is 5.97 Å². The molecule has 0 radical (unpaired) electrons. The number of carboxylic acids is 1. The van der Waals surface area contributed by atoms with Crippen molar-refractivity contribution in [2.75, 3.05) is 19.0 Å². The number of carboxylic acid groups (broad SMARTS) is 1. The molecule has 0 amide bonds. The van der Waals surface area contributed by atoms with E-state index in [0.29, 0.717) is 19.0 Å². The number of ether oxygens (including phenoxy) is 2. The first-order chi connectivity index (χ1) is 8.67. The van der Waals surface area contributed by atoms with Gasteiger partial charge in [-0.15, -0.1) is 11.8 Å². The van der Waals surface area contributed by atoms with Crippen LogP contribution in [0, 0.1) is 0 Å². The van der Waals surface area contributed by atoms with Crippen molar-refractivity contribution >= 4 is 17.7 Å². The highest BCUT2D eigenvalue weighted by atomic mass is 32.2. The van der Waals surface area contributed by atoms with Crippen LogP contribution in [-0.4, -0.2) is 41.3 Å². The highest BCUT2D eigenvalue weighted by Crippen LogP contribution is 2.18. The van der Waals surface area contributed by atoms with Gasteiger partial charge in [-0.2, -0.15) is 0 Å². The van der Waals surface area contributed by atoms with Crippen LogP contribution in [0.25, 0.3) is 0 Å². The number of aromatic carboxylic acids is 1. The lowest BCUT2D eigenvalue weighted by Crippen LogP contribution is -2.20. The normalized spacial score (nSPS) is 10.8. The average molecular weight is 271 g/mol. The minimum atomic E-state index is -0.972. The minimum Gasteiger partial charge on any atom is -0.478 e. The van der Waals surface area contributed by atoms with Crippen LogP contribution in [0.1, 0.15) is 24.2 Å². The maximum Gasteiger partial charge on any atom is 0.337 e. The Balaban J connectivity index is 2.48. The molecule has 0 spiro atoms. The van der Waals surface area contributed by atoms with E-state index in [-0.39, 0.29) is 11.9 Å². The van der Waals surface area contributed by atoms with Crippen LogP contribution in [0.4, 0.5) is 0 Å². The summed E-state index contributed by atoms with van der Waals surface area (Å²) in [4.78, 5) is 14.7. The van der Waals surface area contributed by atoms with Crippen molar-refractivity contribution in [3.8, 4) is 0 Å². The molecule has 1 aromatic heterocycles. The molecule has 0 saturated carbocycles. The zero-order chi connectivity index (χ0) is 13.4. The fourth-order valence-corrected chi connectivity index (χ4v) is 2.05. The third kappa shape index (κ3) is 5.03. The summed E-state index contributed by atoms with van der Waals surface area (Å²) in [7, 11) is 0. The second kappa shape index (κ2) is 8.07. The number of pyridine rings is 1. The standard InChI is InChI=1S/C12H17NO4S/c1-3-16-11(17-4-2)8-18-10-6-5-9(7-13-10)12(14)15/h5-7,11H,3-4,8H2,1-2H3,(H,14,15). The fraction of sp³-hybridized carbons (Fsp3) is 0.500. The van der Waals surface area contributed by atoms with Gasteiger partial charge < -0.3 is 14.6 Å². The molecular formula is C12H17NO4S. The number of hydrogen-bond donors (Lipinski definition) is 1. The van der Waals surface area contributed by atoms with Crippen molar-refractivity contribution < 1.29 is 19.4 Å². The molecule has 0 saturated heterocycles. The molecule has 0 aliphatic rings. The molecule has 0 aromatic carbocycles. The van der Waals surface area contributed by atoms with Crippen LogP contribution in [-0.2, 0) is 9.47 Å². The molecule has 1 aromatic rings. The first-order valence-electron chi connectivity index (χ1n) is 5.72. The van der Waals surface area contributed by atoms with E-state index < -0.39 is 5.97 Å². The monoisotopic (exact) mass is 271 g/mol. The molecule has 1 N–H and O–H groups in total. The molecule has 0 bridgehead atoms. The predicted octanol–water partition coefficient (Wildman–Crippen LogP) is 2.27. The molecule has 0 aliphatic carbocycles. The van der Waals surface area contributed by atoms with Gasteiger partial charge in [-0.1, -0.05) is 0 Å². The average Bonchev–Trinajstić information content (AvgIpc) is 2.37. The van der Waals surface area contributed by atoms with Crippen LogP contribution < -0.4 is 0 Å². The van der Waals surface area contributed by atoms with Gasteiger partial charge in [0.25, 0.3) is 0 Å². The number of hydrogen-bond acceptors (Lipinski definition) is 5. The Bertz CT molecular complexity index is 363. The number of rotatable bonds is 8. The van der Waals surface area contributed by atoms with Gasteiger partial charge in [-0.25, -0.2) is 9.78 Å². The smallest absolute Gasteiger partial charge is 0.337 e. The summed E-state index contributed by atoms with van der Waals surface area (Å²) in [6, 6.07) is 3.22. The first kappa shape index (κ1) is 14.9. The quantitative estimate of drug-likeness (QED) is 0.578. The van der Waals surface area contributed by atoms with Gasteiger partial charge in [-0.05, 0) is 26.0 Å². The van der Waals surface area contributed by atoms with E-state index >= 15 is 0 Å². The number of aromatic nitrogens is 1. The lowest BCUT2D eigenvalue weighted by molar-refractivity contribution is -0.120. The summed E-state index contributed by atoms with van der Waals surface area (Å²) in [6.45, 7) is 5.01. The fourth-order valence-electron chi connectivity index (χ4n) is 1.26. The largest absolute Gasteiger partial charge is 0.478 e. The second-order valence-corrected chi connectivity index (χ2v) is 4.38. The van der Waals surface area contributed by atoms with Gasteiger partial charge in [0.15, 0.2) is 6.29 Å². The van der Waals surface area contributed by atoms with Crippen molar-refractivity contribution in [1.82, 2.24) is 4.98 Å². The third-order valence-electron chi connectivity index (χ3n) is 2.06. The second-order valence-electron chi connectivity index (χ2n) is 3.34. The summed E-state index contributed by atoms with van der Waals surface area (Å²) in [5.41, 5.74) is 0.186. The molecule has 100 valence electrons. The minimum absolute atomic E-state index is 0.186. The van der Waals surface area contributed by atoms with Crippen molar-refractivity contribution in [2.45, 2.75) is 25.2 Å². The zero-order valence-corrected chi connectivity index (χ0v) is 11.3. The van der Waals surface area contributed by atoms with Crippen molar-refractivity contribution in [2.24, 2.45) is 0 Å².